The summed E-state index contributed by atoms with van der Waals surface area (Å²) in [6.07, 6.45) is 1.80. The highest BCUT2D eigenvalue weighted by molar-refractivity contribution is 5.92. The zero-order valence-electron chi connectivity index (χ0n) is 18.2. The van der Waals surface area contributed by atoms with Gasteiger partial charge in [0, 0.05) is 39.1 Å². The molecular formula is C25H26FN3O3. The van der Waals surface area contributed by atoms with E-state index in [9.17, 15) is 14.0 Å². The number of hydrogen-bond acceptors (Lipinski definition) is 5. The Kier molecular flexibility index (Phi) is 6.52. The van der Waals surface area contributed by atoms with E-state index in [1.54, 1.807) is 6.92 Å². The van der Waals surface area contributed by atoms with Crippen molar-refractivity contribution >= 4 is 11.9 Å². The van der Waals surface area contributed by atoms with Gasteiger partial charge in [-0.1, -0.05) is 12.1 Å². The normalized spacial score (nSPS) is 16.3. The minimum absolute atomic E-state index is 0.00572. The van der Waals surface area contributed by atoms with Crippen molar-refractivity contribution < 1.29 is 18.7 Å². The summed E-state index contributed by atoms with van der Waals surface area (Å²) >= 11 is 0. The van der Waals surface area contributed by atoms with Crippen LogP contribution in [0.25, 0.3) is 0 Å². The van der Waals surface area contributed by atoms with Crippen LogP contribution < -0.4 is 0 Å². The van der Waals surface area contributed by atoms with Crippen LogP contribution in [0.5, 0.6) is 0 Å². The van der Waals surface area contributed by atoms with Crippen LogP contribution >= 0.6 is 0 Å². The van der Waals surface area contributed by atoms with Gasteiger partial charge in [0.15, 0.2) is 0 Å². The highest BCUT2D eigenvalue weighted by Gasteiger charge is 2.23. The van der Waals surface area contributed by atoms with Gasteiger partial charge in [0.1, 0.15) is 11.9 Å². The van der Waals surface area contributed by atoms with E-state index in [0.29, 0.717) is 30.8 Å². The zero-order chi connectivity index (χ0) is 22.7. The summed E-state index contributed by atoms with van der Waals surface area (Å²) in [5.41, 5.74) is 4.33. The van der Waals surface area contributed by atoms with Crippen molar-refractivity contribution in [3.05, 3.63) is 69.5 Å². The number of aryl methyl sites for hydroxylation is 1. The molecule has 1 amide bonds. The lowest BCUT2D eigenvalue weighted by atomic mass is 9.98. The van der Waals surface area contributed by atoms with Gasteiger partial charge in [-0.3, -0.25) is 9.69 Å². The topological polar surface area (TPSA) is 73.6 Å². The van der Waals surface area contributed by atoms with E-state index in [0.717, 1.165) is 43.6 Å². The van der Waals surface area contributed by atoms with Crippen molar-refractivity contribution in [1.29, 1.82) is 5.26 Å². The number of benzene rings is 2. The molecule has 2 aromatic carbocycles. The number of esters is 1. The number of rotatable bonds is 5. The number of fused-ring (bicyclic) bond motifs is 1. The van der Waals surface area contributed by atoms with Crippen LogP contribution in [0.1, 0.15) is 38.2 Å². The summed E-state index contributed by atoms with van der Waals surface area (Å²) in [6, 6.07) is 10.6. The lowest BCUT2D eigenvalue weighted by Crippen LogP contribution is -2.49. The molecule has 0 radical (unpaired) electrons. The van der Waals surface area contributed by atoms with Gasteiger partial charge in [-0.15, -0.1) is 0 Å². The fraction of sp³-hybridized carbons (Fsp3) is 0.400. The van der Waals surface area contributed by atoms with E-state index in [1.165, 1.54) is 17.7 Å². The molecule has 1 fully saturated rings. The Balaban J connectivity index is 1.27. The minimum Gasteiger partial charge on any atom is -0.462 e. The molecule has 0 aromatic heterocycles. The summed E-state index contributed by atoms with van der Waals surface area (Å²) in [6.45, 7) is 6.02. The van der Waals surface area contributed by atoms with Gasteiger partial charge < -0.3 is 9.64 Å². The number of halogens is 1. The third-order valence-corrected chi connectivity index (χ3v) is 6.32. The summed E-state index contributed by atoms with van der Waals surface area (Å²) in [4.78, 5) is 28.7. The van der Waals surface area contributed by atoms with E-state index < -0.39 is 5.82 Å². The second-order valence-corrected chi connectivity index (χ2v) is 8.40. The molecule has 0 atom stereocenters. The third-order valence-electron chi connectivity index (χ3n) is 6.32. The molecule has 0 aliphatic carbocycles. The molecule has 2 heterocycles. The maximum Gasteiger partial charge on any atom is 0.338 e. The van der Waals surface area contributed by atoms with Crippen LogP contribution in [-0.2, 0) is 28.8 Å². The van der Waals surface area contributed by atoms with Crippen LogP contribution in [0.3, 0.4) is 0 Å². The first-order valence-corrected chi connectivity index (χ1v) is 10.9. The number of hydrogen-bond donors (Lipinski definition) is 0. The Morgan fingerprint density at radius 3 is 2.72 bits per heavy atom. The Hall–Kier alpha value is -3.24. The highest BCUT2D eigenvalue weighted by Crippen LogP contribution is 2.20. The van der Waals surface area contributed by atoms with Crippen LogP contribution in [0, 0.1) is 24.1 Å². The van der Waals surface area contributed by atoms with Gasteiger partial charge in [0.05, 0.1) is 24.2 Å². The number of carbonyl (C=O) groups excluding carboxylic acids is 2. The van der Waals surface area contributed by atoms with Gasteiger partial charge in [0.25, 0.3) is 0 Å². The van der Waals surface area contributed by atoms with E-state index in [-0.39, 0.29) is 23.9 Å². The molecule has 0 N–H and O–H groups in total. The van der Waals surface area contributed by atoms with Crippen molar-refractivity contribution in [2.24, 2.45) is 0 Å². The third kappa shape index (κ3) is 4.81. The molecule has 0 spiro atoms. The lowest BCUT2D eigenvalue weighted by molar-refractivity contribution is -0.132. The Labute approximate surface area is 187 Å². The molecule has 2 aliphatic rings. The predicted molar refractivity (Wildman–Crippen MR) is 117 cm³/mol. The highest BCUT2D eigenvalue weighted by atomic mass is 19.1. The largest absolute Gasteiger partial charge is 0.462 e. The quantitative estimate of drug-likeness (QED) is 0.675. The summed E-state index contributed by atoms with van der Waals surface area (Å²) in [5, 5.41) is 8.94. The number of ether oxygens (including phenoxy) is 1. The number of carbonyl (C=O) groups is 2. The van der Waals surface area contributed by atoms with Crippen LogP contribution in [-0.4, -0.2) is 61.0 Å². The molecule has 0 bridgehead atoms. The molecule has 6 nitrogen and oxygen atoms in total. The fourth-order valence-corrected chi connectivity index (χ4v) is 4.32. The van der Waals surface area contributed by atoms with Crippen molar-refractivity contribution in [3.8, 4) is 6.07 Å². The predicted octanol–water partition coefficient (Wildman–Crippen LogP) is 2.65. The standard InChI is InChI=1S/C25H26FN3O3/c1-17-12-21(16-27)23(26)14-20(17)15-24(30)29-9-7-28(8-10-29)6-4-18-2-3-22-19(13-18)5-11-32-25(22)31/h2-3,12-14H,4-11,15H2,1H3. The summed E-state index contributed by atoms with van der Waals surface area (Å²) < 4.78 is 19.0. The monoisotopic (exact) mass is 435 g/mol. The first-order chi connectivity index (χ1) is 15.4. The maximum absolute atomic E-state index is 13.9. The fourth-order valence-electron chi connectivity index (χ4n) is 4.32. The Morgan fingerprint density at radius 1 is 1.19 bits per heavy atom. The number of nitrogens with zero attached hydrogens (tertiary/aromatic N) is 3. The van der Waals surface area contributed by atoms with Gasteiger partial charge in [-0.2, -0.15) is 5.26 Å². The SMILES string of the molecule is Cc1cc(C#N)c(F)cc1CC(=O)N1CCN(CCc2ccc3c(c2)CCOC3=O)CC1. The number of nitriles is 1. The van der Waals surface area contributed by atoms with Crippen LogP contribution in [0.2, 0.25) is 0 Å². The van der Waals surface area contributed by atoms with Crippen molar-refractivity contribution in [3.63, 3.8) is 0 Å². The first-order valence-electron chi connectivity index (χ1n) is 10.9. The van der Waals surface area contributed by atoms with Gasteiger partial charge in [-0.05, 0) is 53.8 Å². The van der Waals surface area contributed by atoms with E-state index >= 15 is 0 Å². The van der Waals surface area contributed by atoms with E-state index in [1.807, 2.05) is 23.1 Å². The molecule has 7 heteroatoms. The van der Waals surface area contributed by atoms with Gasteiger partial charge in [0.2, 0.25) is 5.91 Å². The van der Waals surface area contributed by atoms with Crippen LogP contribution in [0.4, 0.5) is 4.39 Å². The van der Waals surface area contributed by atoms with Gasteiger partial charge >= 0.3 is 5.97 Å². The number of cyclic esters (lactones) is 1. The van der Waals surface area contributed by atoms with Crippen molar-refractivity contribution in [1.82, 2.24) is 9.80 Å². The molecule has 0 unspecified atom stereocenters. The minimum atomic E-state index is -0.579. The second-order valence-electron chi connectivity index (χ2n) is 8.40. The number of amides is 1. The van der Waals surface area contributed by atoms with Crippen molar-refractivity contribution in [2.75, 3.05) is 39.3 Å². The molecule has 1 saturated heterocycles. The zero-order valence-corrected chi connectivity index (χ0v) is 18.2. The Bertz CT molecular complexity index is 1080. The first kappa shape index (κ1) is 22.0. The molecule has 2 aliphatic heterocycles. The lowest BCUT2D eigenvalue weighted by Gasteiger charge is -2.35. The molecular weight excluding hydrogens is 409 g/mol. The van der Waals surface area contributed by atoms with E-state index in [2.05, 4.69) is 11.0 Å². The molecule has 32 heavy (non-hydrogen) atoms. The second kappa shape index (κ2) is 9.49. The molecule has 0 saturated carbocycles. The molecule has 4 rings (SSSR count). The number of piperazine rings is 1. The average Bonchev–Trinajstić information content (AvgIpc) is 2.80. The van der Waals surface area contributed by atoms with Crippen LogP contribution in [0.15, 0.2) is 30.3 Å². The maximum atomic E-state index is 13.9. The van der Waals surface area contributed by atoms with E-state index in [4.69, 9.17) is 10.00 Å². The summed E-state index contributed by atoms with van der Waals surface area (Å²) in [7, 11) is 0. The van der Waals surface area contributed by atoms with Gasteiger partial charge in [-0.25, -0.2) is 9.18 Å². The Morgan fingerprint density at radius 2 is 1.97 bits per heavy atom. The average molecular weight is 435 g/mol. The molecule has 166 valence electrons. The summed E-state index contributed by atoms with van der Waals surface area (Å²) in [5.74, 6) is -0.833. The molecule has 2 aromatic rings. The van der Waals surface area contributed by atoms with Crippen molar-refractivity contribution in [2.45, 2.75) is 26.2 Å². The smallest absolute Gasteiger partial charge is 0.338 e.